The van der Waals surface area contributed by atoms with E-state index in [0.717, 1.165) is 22.1 Å². The molecule has 0 bridgehead atoms. The van der Waals surface area contributed by atoms with Crippen molar-refractivity contribution in [3.63, 3.8) is 0 Å². The lowest BCUT2D eigenvalue weighted by Crippen LogP contribution is -2.35. The number of fused-ring (bicyclic) bond motifs is 1. The maximum Gasteiger partial charge on any atom is 0.276 e. The number of anilines is 1. The molecular weight excluding hydrogens is 372 g/mol. The van der Waals surface area contributed by atoms with Crippen molar-refractivity contribution >= 4 is 39.8 Å². The van der Waals surface area contributed by atoms with Crippen LogP contribution in [0.4, 0.5) is 5.13 Å². The topological polar surface area (TPSA) is 101 Å². The van der Waals surface area contributed by atoms with Crippen LogP contribution in [0.2, 0.25) is 0 Å². The molecule has 3 aromatic rings. The average molecular weight is 386 g/mol. The molecule has 0 unspecified atom stereocenters. The smallest absolute Gasteiger partial charge is 0.276 e. The summed E-state index contributed by atoms with van der Waals surface area (Å²) in [6.45, 7) is 2.84. The highest BCUT2D eigenvalue weighted by atomic mass is 32.1. The molecule has 8 nitrogen and oxygen atoms in total. The summed E-state index contributed by atoms with van der Waals surface area (Å²) >= 11 is 2.50. The van der Waals surface area contributed by atoms with Gasteiger partial charge < -0.3 is 4.90 Å². The number of nitrogens with one attached hydrogen (secondary N) is 1. The van der Waals surface area contributed by atoms with Gasteiger partial charge in [0.25, 0.3) is 11.8 Å². The Morgan fingerprint density at radius 2 is 2.19 bits per heavy atom. The standard InChI is InChI=1S/C16H14N6O2S2/c1-9-13(26-21-20-9)15(24)22-7-5-10-12(8-22)25-16(18-10)19-14(23)11-4-2-3-6-17-11/h2-4,6H,5,7-8H2,1H3,(H,18,19,23). The zero-order chi connectivity index (χ0) is 18.1. The van der Waals surface area contributed by atoms with E-state index >= 15 is 0 Å². The molecule has 0 saturated heterocycles. The number of rotatable bonds is 3. The van der Waals surface area contributed by atoms with Gasteiger partial charge in [-0.25, -0.2) is 4.98 Å². The van der Waals surface area contributed by atoms with Gasteiger partial charge in [-0.3, -0.25) is 19.9 Å². The molecule has 26 heavy (non-hydrogen) atoms. The number of thiazole rings is 1. The van der Waals surface area contributed by atoms with Crippen molar-refractivity contribution in [2.24, 2.45) is 0 Å². The number of hydrogen-bond donors (Lipinski definition) is 1. The number of pyridine rings is 1. The molecule has 132 valence electrons. The van der Waals surface area contributed by atoms with Crippen LogP contribution in [0, 0.1) is 6.92 Å². The van der Waals surface area contributed by atoms with Crippen molar-refractivity contribution in [1.29, 1.82) is 0 Å². The van der Waals surface area contributed by atoms with E-state index in [9.17, 15) is 9.59 Å². The first-order valence-electron chi connectivity index (χ1n) is 7.91. The van der Waals surface area contributed by atoms with Crippen molar-refractivity contribution in [2.45, 2.75) is 19.9 Å². The summed E-state index contributed by atoms with van der Waals surface area (Å²) < 4.78 is 3.83. The van der Waals surface area contributed by atoms with Crippen LogP contribution >= 0.6 is 22.9 Å². The maximum atomic E-state index is 12.6. The van der Waals surface area contributed by atoms with Crippen molar-refractivity contribution in [2.75, 3.05) is 11.9 Å². The Bertz CT molecular complexity index is 968. The minimum atomic E-state index is -0.295. The van der Waals surface area contributed by atoms with E-state index in [4.69, 9.17) is 0 Å². The molecule has 0 atom stereocenters. The Balaban J connectivity index is 1.48. The number of hydrogen-bond acceptors (Lipinski definition) is 8. The Labute approximate surface area is 157 Å². The van der Waals surface area contributed by atoms with Gasteiger partial charge >= 0.3 is 0 Å². The molecule has 0 fully saturated rings. The van der Waals surface area contributed by atoms with E-state index in [1.807, 2.05) is 0 Å². The molecule has 0 aliphatic carbocycles. The number of carbonyl (C=O) groups excluding carboxylic acids is 2. The second kappa shape index (κ2) is 6.89. The zero-order valence-electron chi connectivity index (χ0n) is 13.8. The third-order valence-electron chi connectivity index (χ3n) is 3.98. The van der Waals surface area contributed by atoms with Crippen LogP contribution in [-0.2, 0) is 13.0 Å². The van der Waals surface area contributed by atoms with E-state index in [2.05, 4.69) is 24.9 Å². The van der Waals surface area contributed by atoms with Gasteiger partial charge in [-0.2, -0.15) is 0 Å². The quantitative estimate of drug-likeness (QED) is 0.740. The predicted octanol–water partition coefficient (Wildman–Crippen LogP) is 2.15. The van der Waals surface area contributed by atoms with Crippen molar-refractivity contribution < 1.29 is 9.59 Å². The molecular formula is C16H14N6O2S2. The predicted molar refractivity (Wildman–Crippen MR) is 97.4 cm³/mol. The summed E-state index contributed by atoms with van der Waals surface area (Å²) in [4.78, 5) is 36.7. The normalized spacial score (nSPS) is 13.3. The number of aryl methyl sites for hydroxylation is 1. The molecule has 0 saturated carbocycles. The molecule has 0 spiro atoms. The van der Waals surface area contributed by atoms with Crippen LogP contribution in [0.15, 0.2) is 24.4 Å². The Morgan fingerprint density at radius 1 is 1.31 bits per heavy atom. The molecule has 0 radical (unpaired) electrons. The highest BCUT2D eigenvalue weighted by Gasteiger charge is 2.27. The molecule has 4 rings (SSSR count). The van der Waals surface area contributed by atoms with Crippen molar-refractivity contribution in [3.8, 4) is 0 Å². The maximum absolute atomic E-state index is 12.6. The molecule has 4 heterocycles. The van der Waals surface area contributed by atoms with Crippen LogP contribution in [0.1, 0.15) is 36.4 Å². The lowest BCUT2D eigenvalue weighted by Gasteiger charge is -2.25. The van der Waals surface area contributed by atoms with Crippen LogP contribution in [0.5, 0.6) is 0 Å². The van der Waals surface area contributed by atoms with E-state index in [0.29, 0.717) is 40.9 Å². The first-order valence-corrected chi connectivity index (χ1v) is 9.50. The van der Waals surface area contributed by atoms with E-state index in [1.165, 1.54) is 11.3 Å². The Hall–Kier alpha value is -2.72. The molecule has 10 heteroatoms. The van der Waals surface area contributed by atoms with Crippen LogP contribution < -0.4 is 5.32 Å². The summed E-state index contributed by atoms with van der Waals surface area (Å²) in [5.74, 6) is -0.355. The van der Waals surface area contributed by atoms with E-state index in [1.54, 1.807) is 36.2 Å². The minimum absolute atomic E-state index is 0.0596. The van der Waals surface area contributed by atoms with Crippen LogP contribution in [0.3, 0.4) is 0 Å². The van der Waals surface area contributed by atoms with Crippen molar-refractivity contribution in [1.82, 2.24) is 24.5 Å². The molecule has 1 N–H and O–H groups in total. The number of aromatic nitrogens is 4. The number of amides is 2. The number of carbonyl (C=O) groups is 2. The van der Waals surface area contributed by atoms with E-state index < -0.39 is 0 Å². The summed E-state index contributed by atoms with van der Waals surface area (Å²) in [7, 11) is 0. The first kappa shape index (κ1) is 16.7. The Kier molecular flexibility index (Phi) is 4.43. The van der Waals surface area contributed by atoms with Crippen molar-refractivity contribution in [3.05, 3.63) is 51.2 Å². The van der Waals surface area contributed by atoms with Gasteiger partial charge in [0.2, 0.25) is 0 Å². The highest BCUT2D eigenvalue weighted by Crippen LogP contribution is 2.29. The molecule has 3 aromatic heterocycles. The lowest BCUT2D eigenvalue weighted by atomic mass is 10.1. The fourth-order valence-corrected chi connectivity index (χ4v) is 4.30. The fraction of sp³-hybridized carbons (Fsp3) is 0.250. The van der Waals surface area contributed by atoms with Gasteiger partial charge in [-0.1, -0.05) is 21.9 Å². The Morgan fingerprint density at radius 3 is 2.92 bits per heavy atom. The number of nitrogens with zero attached hydrogens (tertiary/aromatic N) is 5. The molecule has 1 aliphatic heterocycles. The van der Waals surface area contributed by atoms with Gasteiger partial charge in [-0.05, 0) is 30.6 Å². The third-order valence-corrected chi connectivity index (χ3v) is 5.80. The van der Waals surface area contributed by atoms with E-state index in [-0.39, 0.29) is 11.8 Å². The minimum Gasteiger partial charge on any atom is -0.332 e. The second-order valence-electron chi connectivity index (χ2n) is 5.72. The fourth-order valence-electron chi connectivity index (χ4n) is 2.65. The third kappa shape index (κ3) is 3.20. The largest absolute Gasteiger partial charge is 0.332 e. The van der Waals surface area contributed by atoms with Gasteiger partial charge in [0.15, 0.2) is 5.13 Å². The van der Waals surface area contributed by atoms with Crippen LogP contribution in [0.25, 0.3) is 0 Å². The zero-order valence-corrected chi connectivity index (χ0v) is 15.4. The van der Waals surface area contributed by atoms with Gasteiger partial charge in [0.05, 0.1) is 17.9 Å². The monoisotopic (exact) mass is 386 g/mol. The SMILES string of the molecule is Cc1nnsc1C(=O)N1CCc2nc(NC(=O)c3ccccn3)sc2C1. The summed E-state index contributed by atoms with van der Waals surface area (Å²) in [5, 5.41) is 7.20. The lowest BCUT2D eigenvalue weighted by molar-refractivity contribution is 0.0740. The summed E-state index contributed by atoms with van der Waals surface area (Å²) in [6, 6.07) is 5.16. The van der Waals surface area contributed by atoms with Gasteiger partial charge in [0.1, 0.15) is 10.6 Å². The van der Waals surface area contributed by atoms with Crippen LogP contribution in [-0.4, -0.2) is 42.8 Å². The molecule has 2 amide bonds. The van der Waals surface area contributed by atoms with Gasteiger partial charge in [-0.15, -0.1) is 5.10 Å². The molecule has 0 aromatic carbocycles. The first-order chi connectivity index (χ1) is 12.6. The molecule has 1 aliphatic rings. The summed E-state index contributed by atoms with van der Waals surface area (Å²) in [6.07, 6.45) is 2.23. The highest BCUT2D eigenvalue weighted by molar-refractivity contribution is 7.16. The second-order valence-corrected chi connectivity index (χ2v) is 7.56. The average Bonchev–Trinajstić information content (AvgIpc) is 3.26. The van der Waals surface area contributed by atoms with Gasteiger partial charge in [0, 0.05) is 24.0 Å². The summed E-state index contributed by atoms with van der Waals surface area (Å²) in [5.41, 5.74) is 1.92.